The maximum atomic E-state index is 12.6. The van der Waals surface area contributed by atoms with Crippen LogP contribution in [-0.2, 0) is 21.2 Å². The molecular formula is C16H24N2O3S. The molecule has 1 aliphatic heterocycles. The SMILES string of the molecule is CC(C)CN(CC(=O)N1CCCc2ccccc21)S(C)(=O)=O. The molecule has 1 aliphatic rings. The monoisotopic (exact) mass is 324 g/mol. The number of fused-ring (bicyclic) bond motifs is 1. The molecule has 0 saturated carbocycles. The molecule has 22 heavy (non-hydrogen) atoms. The second-order valence-electron chi connectivity index (χ2n) is 6.23. The minimum Gasteiger partial charge on any atom is -0.311 e. The van der Waals surface area contributed by atoms with Gasteiger partial charge >= 0.3 is 0 Å². The first-order chi connectivity index (χ1) is 10.3. The lowest BCUT2D eigenvalue weighted by Crippen LogP contribution is -2.45. The van der Waals surface area contributed by atoms with E-state index in [1.165, 1.54) is 4.31 Å². The van der Waals surface area contributed by atoms with Crippen LogP contribution in [-0.4, -0.2) is 44.5 Å². The molecule has 0 N–H and O–H groups in total. The number of nitrogens with zero attached hydrogens (tertiary/aromatic N) is 2. The summed E-state index contributed by atoms with van der Waals surface area (Å²) in [5.74, 6) is 0.0226. The van der Waals surface area contributed by atoms with Crippen molar-refractivity contribution in [3.8, 4) is 0 Å². The predicted octanol–water partition coefficient (Wildman–Crippen LogP) is 1.88. The zero-order valence-corrected chi connectivity index (χ0v) is 14.3. The van der Waals surface area contributed by atoms with Gasteiger partial charge in [-0.25, -0.2) is 8.42 Å². The van der Waals surface area contributed by atoms with Crippen LogP contribution in [0.5, 0.6) is 0 Å². The molecule has 0 saturated heterocycles. The van der Waals surface area contributed by atoms with Gasteiger partial charge in [-0.3, -0.25) is 4.79 Å². The summed E-state index contributed by atoms with van der Waals surface area (Å²) in [7, 11) is -3.39. The summed E-state index contributed by atoms with van der Waals surface area (Å²) in [4.78, 5) is 14.3. The number of hydrogen-bond acceptors (Lipinski definition) is 3. The maximum Gasteiger partial charge on any atom is 0.242 e. The Bertz CT molecular complexity index is 641. The number of hydrogen-bond donors (Lipinski definition) is 0. The molecule has 0 atom stereocenters. The fraction of sp³-hybridized carbons (Fsp3) is 0.562. The molecule has 1 heterocycles. The van der Waals surface area contributed by atoms with E-state index in [9.17, 15) is 13.2 Å². The van der Waals surface area contributed by atoms with Crippen LogP contribution >= 0.6 is 0 Å². The zero-order valence-electron chi connectivity index (χ0n) is 13.4. The number of anilines is 1. The number of carbonyl (C=O) groups excluding carboxylic acids is 1. The smallest absolute Gasteiger partial charge is 0.242 e. The minimum atomic E-state index is -3.39. The van der Waals surface area contributed by atoms with E-state index < -0.39 is 10.0 Å². The topological polar surface area (TPSA) is 57.7 Å². The number of sulfonamides is 1. The Morgan fingerprint density at radius 3 is 2.64 bits per heavy atom. The van der Waals surface area contributed by atoms with Gasteiger partial charge in [0.25, 0.3) is 0 Å². The van der Waals surface area contributed by atoms with Crippen molar-refractivity contribution >= 4 is 21.6 Å². The molecule has 2 rings (SSSR count). The van der Waals surface area contributed by atoms with Crippen LogP contribution in [0.15, 0.2) is 24.3 Å². The van der Waals surface area contributed by atoms with Gasteiger partial charge in [-0.15, -0.1) is 0 Å². The summed E-state index contributed by atoms with van der Waals surface area (Å²) in [6.45, 7) is 4.80. The van der Waals surface area contributed by atoms with E-state index in [0.717, 1.165) is 30.3 Å². The van der Waals surface area contributed by atoms with Crippen molar-refractivity contribution in [3.63, 3.8) is 0 Å². The molecule has 122 valence electrons. The lowest BCUT2D eigenvalue weighted by atomic mass is 10.0. The molecule has 6 heteroatoms. The second kappa shape index (κ2) is 6.79. The Hall–Kier alpha value is -1.40. The molecule has 0 radical (unpaired) electrons. The summed E-state index contributed by atoms with van der Waals surface area (Å²) >= 11 is 0. The molecule has 0 unspecified atom stereocenters. The van der Waals surface area contributed by atoms with Crippen molar-refractivity contribution in [1.82, 2.24) is 4.31 Å². The third-order valence-electron chi connectivity index (χ3n) is 3.76. The summed E-state index contributed by atoms with van der Waals surface area (Å²) in [6, 6.07) is 7.83. The highest BCUT2D eigenvalue weighted by Crippen LogP contribution is 2.26. The third-order valence-corrected chi connectivity index (χ3v) is 4.98. The van der Waals surface area contributed by atoms with Crippen molar-refractivity contribution in [2.75, 3.05) is 30.8 Å². The van der Waals surface area contributed by atoms with E-state index in [1.807, 2.05) is 38.1 Å². The average Bonchev–Trinajstić information content (AvgIpc) is 2.44. The maximum absolute atomic E-state index is 12.6. The van der Waals surface area contributed by atoms with Crippen LogP contribution < -0.4 is 4.90 Å². The Kier molecular flexibility index (Phi) is 5.24. The first-order valence-electron chi connectivity index (χ1n) is 7.62. The van der Waals surface area contributed by atoms with Crippen molar-refractivity contribution in [2.45, 2.75) is 26.7 Å². The van der Waals surface area contributed by atoms with Crippen LogP contribution in [0.25, 0.3) is 0 Å². The van der Waals surface area contributed by atoms with Crippen molar-refractivity contribution < 1.29 is 13.2 Å². The van der Waals surface area contributed by atoms with E-state index in [0.29, 0.717) is 13.1 Å². The Morgan fingerprint density at radius 1 is 1.32 bits per heavy atom. The molecule has 0 fully saturated rings. The van der Waals surface area contributed by atoms with Gasteiger partial charge in [-0.1, -0.05) is 32.0 Å². The van der Waals surface area contributed by atoms with E-state index >= 15 is 0 Å². The average molecular weight is 324 g/mol. The van der Waals surface area contributed by atoms with Gasteiger partial charge in [-0.2, -0.15) is 4.31 Å². The first-order valence-corrected chi connectivity index (χ1v) is 9.47. The van der Waals surface area contributed by atoms with Crippen molar-refractivity contribution in [3.05, 3.63) is 29.8 Å². The van der Waals surface area contributed by atoms with Crippen molar-refractivity contribution in [2.24, 2.45) is 5.92 Å². The standard InChI is InChI=1S/C16H24N2O3S/c1-13(2)11-17(22(3,20)21)12-16(19)18-10-6-8-14-7-4-5-9-15(14)18/h4-5,7,9,13H,6,8,10-12H2,1-3H3. The van der Waals surface area contributed by atoms with Gasteiger partial charge in [-0.05, 0) is 30.4 Å². The lowest BCUT2D eigenvalue weighted by Gasteiger charge is -2.31. The van der Waals surface area contributed by atoms with Gasteiger partial charge in [0.15, 0.2) is 0 Å². The molecule has 0 aliphatic carbocycles. The van der Waals surface area contributed by atoms with Gasteiger partial charge in [0.1, 0.15) is 0 Å². The van der Waals surface area contributed by atoms with Crippen LogP contribution in [0, 0.1) is 5.92 Å². The normalized spacial score (nSPS) is 15.2. The van der Waals surface area contributed by atoms with Crippen LogP contribution in [0.4, 0.5) is 5.69 Å². The largest absolute Gasteiger partial charge is 0.311 e. The molecular weight excluding hydrogens is 300 g/mol. The quantitative estimate of drug-likeness (QED) is 0.831. The number of carbonyl (C=O) groups is 1. The number of benzene rings is 1. The fourth-order valence-electron chi connectivity index (χ4n) is 2.75. The number of rotatable bonds is 5. The Balaban J connectivity index is 2.18. The van der Waals surface area contributed by atoms with Crippen LogP contribution in [0.3, 0.4) is 0 Å². The summed E-state index contributed by atoms with van der Waals surface area (Å²) in [5.41, 5.74) is 2.06. The molecule has 0 aromatic heterocycles. The van der Waals surface area contributed by atoms with E-state index in [2.05, 4.69) is 0 Å². The highest BCUT2D eigenvalue weighted by Gasteiger charge is 2.27. The number of aryl methyl sites for hydroxylation is 1. The molecule has 0 bridgehead atoms. The van der Waals surface area contributed by atoms with Gasteiger partial charge in [0.05, 0.1) is 12.8 Å². The number of amides is 1. The Morgan fingerprint density at radius 2 is 2.00 bits per heavy atom. The van der Waals surface area contributed by atoms with E-state index in [1.54, 1.807) is 4.90 Å². The van der Waals surface area contributed by atoms with Gasteiger partial charge < -0.3 is 4.90 Å². The lowest BCUT2D eigenvalue weighted by molar-refractivity contribution is -0.119. The highest BCUT2D eigenvalue weighted by atomic mass is 32.2. The summed E-state index contributed by atoms with van der Waals surface area (Å²) in [5, 5.41) is 0. The molecule has 5 nitrogen and oxygen atoms in total. The fourth-order valence-corrected chi connectivity index (χ4v) is 3.67. The number of para-hydroxylation sites is 1. The Labute approximate surface area is 133 Å². The van der Waals surface area contributed by atoms with E-state index in [-0.39, 0.29) is 18.4 Å². The third kappa shape index (κ3) is 4.08. The summed E-state index contributed by atoms with van der Waals surface area (Å²) in [6.07, 6.45) is 3.03. The van der Waals surface area contributed by atoms with Gasteiger partial charge in [0, 0.05) is 18.8 Å². The second-order valence-corrected chi connectivity index (χ2v) is 8.21. The van der Waals surface area contributed by atoms with Crippen molar-refractivity contribution in [1.29, 1.82) is 0 Å². The zero-order chi connectivity index (χ0) is 16.3. The minimum absolute atomic E-state index is 0.0919. The predicted molar refractivity (Wildman–Crippen MR) is 88.4 cm³/mol. The highest BCUT2D eigenvalue weighted by molar-refractivity contribution is 7.88. The summed E-state index contributed by atoms with van der Waals surface area (Å²) < 4.78 is 25.0. The molecule has 1 aromatic rings. The first kappa shape index (κ1) is 17.0. The molecule has 0 spiro atoms. The van der Waals surface area contributed by atoms with E-state index in [4.69, 9.17) is 0 Å². The van der Waals surface area contributed by atoms with Gasteiger partial charge in [0.2, 0.25) is 15.9 Å². The molecule has 1 amide bonds. The molecule has 1 aromatic carbocycles. The van der Waals surface area contributed by atoms with Crippen LogP contribution in [0.2, 0.25) is 0 Å². The van der Waals surface area contributed by atoms with Crippen LogP contribution in [0.1, 0.15) is 25.8 Å².